The van der Waals surface area contributed by atoms with Crippen LogP contribution in [0.3, 0.4) is 0 Å². The molecular weight excluding hydrogens is 860 g/mol. The van der Waals surface area contributed by atoms with Gasteiger partial charge in [0.25, 0.3) is 0 Å². The number of hydrogen-bond acceptors (Lipinski definition) is 9. The first-order chi connectivity index (χ1) is 33.3. The molecule has 0 bridgehead atoms. The van der Waals surface area contributed by atoms with E-state index in [0.29, 0.717) is 88.8 Å². The fraction of sp³-hybridized carbons (Fsp3) is 0.0185. The first-order valence-corrected chi connectivity index (χ1v) is 21.5. The van der Waals surface area contributed by atoms with Crippen molar-refractivity contribution in [1.82, 2.24) is 39.7 Å². The molecule has 0 spiro atoms. The molecule has 2 aliphatic rings. The number of halogens is 3. The standard InChI is InChI=1S/C54H32F3N11/c55-54(56,57)48-43(67-44-27-34(50-59-18-2-19-60-50)8-12-39(44)40-13-9-35(28-45(40)67)51-61-20-3-21-62-51)17-16-38(33-7-1-6-32(26-33)31-58)49(48)68-46-29-36(52-63-22-4-23-64-52)10-14-41(46)42-15-11-37(30-47(42)68)53-65-24-5-25-66-53/h1-30,59,61H. The molecule has 0 atom stereocenters. The lowest BCUT2D eigenvalue weighted by Gasteiger charge is -2.24. The molecule has 14 heteroatoms. The van der Waals surface area contributed by atoms with Gasteiger partial charge in [-0.3, -0.25) is 0 Å². The summed E-state index contributed by atoms with van der Waals surface area (Å²) in [6.07, 6.45) is 11.9. The zero-order valence-corrected chi connectivity index (χ0v) is 35.5. The van der Waals surface area contributed by atoms with Gasteiger partial charge in [0.05, 0.1) is 45.1 Å². The summed E-state index contributed by atoms with van der Waals surface area (Å²) in [6, 6.07) is 38.1. The summed E-state index contributed by atoms with van der Waals surface area (Å²) >= 11 is 0. The van der Waals surface area contributed by atoms with Gasteiger partial charge in [-0.05, 0) is 72.3 Å². The molecule has 6 aromatic carbocycles. The van der Waals surface area contributed by atoms with E-state index < -0.39 is 11.7 Å². The average Bonchev–Trinajstić information content (AvgIpc) is 3.90. The van der Waals surface area contributed by atoms with Crippen molar-refractivity contribution in [1.29, 1.82) is 5.26 Å². The highest BCUT2D eigenvalue weighted by molar-refractivity contribution is 6.13. The zero-order valence-electron chi connectivity index (χ0n) is 35.5. The van der Waals surface area contributed by atoms with Crippen LogP contribution >= 0.6 is 0 Å². The number of alkyl halides is 3. The van der Waals surface area contributed by atoms with Gasteiger partial charge in [0.2, 0.25) is 0 Å². The summed E-state index contributed by atoms with van der Waals surface area (Å²) in [6.45, 7) is 0. The van der Waals surface area contributed by atoms with Gasteiger partial charge in [-0.2, -0.15) is 18.4 Å². The maximum atomic E-state index is 17.2. The number of nitriles is 1. The SMILES string of the molecule is N#Cc1cccc(-c2ccc(-n3c4cc(=C5N=CC=CN5)ccc4c4ccc(=C5N=CC=CN5)cc43)c(C(F)(F)F)c2-n2c3cc(-c4ncccn4)ccc3c3ccc(-c4ncccn4)cc32)c1. The van der Waals surface area contributed by atoms with E-state index in [1.54, 1.807) is 113 Å². The Morgan fingerprint density at radius 1 is 0.515 bits per heavy atom. The molecule has 2 N–H and O–H groups in total. The van der Waals surface area contributed by atoms with E-state index >= 15 is 13.2 Å². The highest BCUT2D eigenvalue weighted by Gasteiger charge is 2.40. The first-order valence-electron chi connectivity index (χ1n) is 21.5. The van der Waals surface area contributed by atoms with Crippen LogP contribution < -0.4 is 21.1 Å². The summed E-state index contributed by atoms with van der Waals surface area (Å²) < 4.78 is 54.9. The van der Waals surface area contributed by atoms with Gasteiger partial charge in [0.15, 0.2) is 11.6 Å². The molecule has 4 aromatic heterocycles. The van der Waals surface area contributed by atoms with Crippen molar-refractivity contribution in [2.45, 2.75) is 6.18 Å². The van der Waals surface area contributed by atoms with Crippen molar-refractivity contribution in [2.24, 2.45) is 9.98 Å². The normalized spacial score (nSPS) is 15.0. The second-order valence-electron chi connectivity index (χ2n) is 16.1. The number of hydrogen-bond donors (Lipinski definition) is 2. The molecule has 0 radical (unpaired) electrons. The van der Waals surface area contributed by atoms with Crippen LogP contribution in [0, 0.1) is 11.3 Å². The van der Waals surface area contributed by atoms with Gasteiger partial charge < -0.3 is 19.8 Å². The fourth-order valence-corrected chi connectivity index (χ4v) is 9.24. The molecule has 11 nitrogen and oxygen atoms in total. The van der Waals surface area contributed by atoms with E-state index in [-0.39, 0.29) is 16.9 Å². The number of rotatable bonds is 5. The molecular formula is C54H32F3N11. The minimum absolute atomic E-state index is 0.128. The third-order valence-electron chi connectivity index (χ3n) is 12.1. The van der Waals surface area contributed by atoms with Gasteiger partial charge in [-0.15, -0.1) is 0 Å². The predicted octanol–water partition coefficient (Wildman–Crippen LogP) is 9.86. The van der Waals surface area contributed by atoms with E-state index in [1.165, 1.54) is 6.07 Å². The maximum absolute atomic E-state index is 17.2. The Morgan fingerprint density at radius 2 is 1.03 bits per heavy atom. The fourth-order valence-electron chi connectivity index (χ4n) is 9.24. The molecule has 10 aromatic rings. The molecule has 68 heavy (non-hydrogen) atoms. The highest BCUT2D eigenvalue weighted by Crippen LogP contribution is 2.48. The van der Waals surface area contributed by atoms with Crippen LogP contribution in [0.2, 0.25) is 0 Å². The lowest BCUT2D eigenvalue weighted by molar-refractivity contribution is -0.137. The van der Waals surface area contributed by atoms with E-state index in [1.807, 2.05) is 72.8 Å². The Kier molecular flexibility index (Phi) is 9.36. The molecule has 324 valence electrons. The van der Waals surface area contributed by atoms with Crippen molar-refractivity contribution in [3.05, 3.63) is 192 Å². The number of aliphatic imine (C=N–C) groups is 2. The Hall–Kier alpha value is -9.48. The van der Waals surface area contributed by atoms with Crippen LogP contribution in [0.25, 0.3) is 101 Å². The van der Waals surface area contributed by atoms with Crippen molar-refractivity contribution in [3.63, 3.8) is 0 Å². The van der Waals surface area contributed by atoms with Crippen LogP contribution in [0.1, 0.15) is 11.1 Å². The maximum Gasteiger partial charge on any atom is 0.420 e. The van der Waals surface area contributed by atoms with Gasteiger partial charge in [0, 0.05) is 98.3 Å². The summed E-state index contributed by atoms with van der Waals surface area (Å²) in [5.41, 5.74) is 2.94. The monoisotopic (exact) mass is 891 g/mol. The lowest BCUT2D eigenvalue weighted by atomic mass is 9.96. The summed E-state index contributed by atoms with van der Waals surface area (Å²) in [5, 5.41) is 20.7. The largest absolute Gasteiger partial charge is 0.420 e. The van der Waals surface area contributed by atoms with Gasteiger partial charge >= 0.3 is 6.18 Å². The van der Waals surface area contributed by atoms with Crippen molar-refractivity contribution in [2.75, 3.05) is 0 Å². The number of fused-ring (bicyclic) bond motifs is 6. The van der Waals surface area contributed by atoms with E-state index in [9.17, 15) is 5.26 Å². The third kappa shape index (κ3) is 6.68. The van der Waals surface area contributed by atoms with Crippen LogP contribution in [-0.4, -0.2) is 41.5 Å². The van der Waals surface area contributed by atoms with E-state index in [4.69, 9.17) is 0 Å². The Balaban J connectivity index is 1.28. The minimum Gasteiger partial charge on any atom is -0.346 e. The van der Waals surface area contributed by atoms with Gasteiger partial charge in [0.1, 0.15) is 17.2 Å². The molecule has 0 unspecified atom stereocenters. The van der Waals surface area contributed by atoms with Crippen LogP contribution in [0.5, 0.6) is 0 Å². The second-order valence-corrected chi connectivity index (χ2v) is 16.1. The number of aromatic nitrogens is 6. The Labute approximate surface area is 384 Å². The topological polar surface area (TPSA) is 134 Å². The second kappa shape index (κ2) is 15.9. The smallest absolute Gasteiger partial charge is 0.346 e. The van der Waals surface area contributed by atoms with Crippen molar-refractivity contribution >= 4 is 67.7 Å². The van der Waals surface area contributed by atoms with Crippen molar-refractivity contribution in [3.8, 4) is 51.3 Å². The minimum atomic E-state index is -4.99. The molecule has 0 saturated heterocycles. The quantitative estimate of drug-likeness (QED) is 0.176. The molecule has 0 saturated carbocycles. The van der Waals surface area contributed by atoms with Gasteiger partial charge in [-0.25, -0.2) is 29.9 Å². The van der Waals surface area contributed by atoms with E-state index in [2.05, 4.69) is 46.6 Å². The molecule has 0 aliphatic carbocycles. The Morgan fingerprint density at radius 3 is 1.51 bits per heavy atom. The van der Waals surface area contributed by atoms with Crippen LogP contribution in [0.4, 0.5) is 13.2 Å². The predicted molar refractivity (Wildman–Crippen MR) is 260 cm³/mol. The van der Waals surface area contributed by atoms with Crippen LogP contribution in [-0.2, 0) is 6.18 Å². The summed E-state index contributed by atoms with van der Waals surface area (Å²) in [5.74, 6) is 1.90. The molecule has 0 amide bonds. The van der Waals surface area contributed by atoms with E-state index in [0.717, 1.165) is 10.8 Å². The zero-order chi connectivity index (χ0) is 45.9. The van der Waals surface area contributed by atoms with Crippen LogP contribution in [0.15, 0.2) is 181 Å². The number of benzene rings is 6. The molecule has 12 rings (SSSR count). The number of nitrogens with one attached hydrogen (secondary N) is 2. The molecule has 2 aliphatic heterocycles. The first kappa shape index (κ1) is 40.1. The van der Waals surface area contributed by atoms with Gasteiger partial charge in [-0.1, -0.05) is 66.7 Å². The number of allylic oxidation sites excluding steroid dienone is 2. The Bertz CT molecular complexity index is 3830. The molecule has 0 fully saturated rings. The lowest BCUT2D eigenvalue weighted by Crippen LogP contribution is -2.19. The molecule has 6 heterocycles. The summed E-state index contributed by atoms with van der Waals surface area (Å²) in [7, 11) is 0. The number of nitrogens with zero attached hydrogens (tertiary/aromatic N) is 9. The van der Waals surface area contributed by atoms with Crippen molar-refractivity contribution < 1.29 is 13.2 Å². The average molecular weight is 892 g/mol. The summed E-state index contributed by atoms with van der Waals surface area (Å²) in [4.78, 5) is 27.1. The highest BCUT2D eigenvalue weighted by atomic mass is 19.4. The third-order valence-corrected chi connectivity index (χ3v) is 12.1.